The number of para-hydroxylation sites is 1. The van der Waals surface area contributed by atoms with Crippen LogP contribution in [0.5, 0.6) is 0 Å². The van der Waals surface area contributed by atoms with E-state index in [0.717, 1.165) is 10.2 Å². The summed E-state index contributed by atoms with van der Waals surface area (Å²) in [7, 11) is 0. The Bertz CT molecular complexity index is 602. The molecule has 2 aromatic rings. The van der Waals surface area contributed by atoms with Crippen LogP contribution in [0.1, 0.15) is 10.5 Å². The van der Waals surface area contributed by atoms with Crippen LogP contribution in [0.25, 0.3) is 0 Å². The zero-order valence-electron chi connectivity index (χ0n) is 9.22. The molecule has 1 aromatic heterocycles. The minimum atomic E-state index is -1.09. The van der Waals surface area contributed by atoms with Gasteiger partial charge in [-0.3, -0.25) is 0 Å². The van der Waals surface area contributed by atoms with Crippen LogP contribution in [0.3, 0.4) is 0 Å². The lowest BCUT2D eigenvalue weighted by Gasteiger charge is -2.10. The molecule has 0 aliphatic carbocycles. The van der Waals surface area contributed by atoms with Crippen molar-refractivity contribution < 1.29 is 9.90 Å². The molecular weight excluding hydrogens is 298 g/mol. The summed E-state index contributed by atoms with van der Waals surface area (Å²) < 4.78 is 0.840. The van der Waals surface area contributed by atoms with Gasteiger partial charge in [-0.2, -0.15) is 0 Å². The minimum absolute atomic E-state index is 0.0567. The summed E-state index contributed by atoms with van der Waals surface area (Å²) in [6.07, 6.45) is 0. The third-order valence-corrected chi connectivity index (χ3v) is 2.96. The molecule has 0 bridgehead atoms. The van der Waals surface area contributed by atoms with E-state index in [0.29, 0.717) is 11.5 Å². The monoisotopic (exact) mass is 307 g/mol. The Balaban J connectivity index is 2.37. The highest BCUT2D eigenvalue weighted by atomic mass is 79.9. The third-order valence-electron chi connectivity index (χ3n) is 2.27. The first kappa shape index (κ1) is 12.4. The number of rotatable bonds is 3. The van der Waals surface area contributed by atoms with Crippen LogP contribution < -0.4 is 11.1 Å². The predicted octanol–water partition coefficient (Wildman–Crippen LogP) is 2.87. The van der Waals surface area contributed by atoms with Gasteiger partial charge in [-0.05, 0) is 40.2 Å². The second kappa shape index (κ2) is 5.05. The number of carboxylic acid groups (broad SMARTS) is 1. The normalized spacial score (nSPS) is 10.1. The van der Waals surface area contributed by atoms with Crippen molar-refractivity contribution in [3.63, 3.8) is 0 Å². The van der Waals surface area contributed by atoms with Crippen molar-refractivity contribution >= 4 is 39.1 Å². The molecule has 0 aliphatic heterocycles. The zero-order valence-corrected chi connectivity index (χ0v) is 10.8. The number of carboxylic acids is 1. The van der Waals surface area contributed by atoms with E-state index in [1.54, 1.807) is 0 Å². The van der Waals surface area contributed by atoms with Crippen molar-refractivity contribution in [2.75, 3.05) is 11.1 Å². The molecule has 1 aromatic carbocycles. The highest BCUT2D eigenvalue weighted by Gasteiger charge is 2.09. The molecule has 0 fully saturated rings. The van der Waals surface area contributed by atoms with Crippen LogP contribution in [-0.4, -0.2) is 16.1 Å². The van der Waals surface area contributed by atoms with Crippen molar-refractivity contribution in [2.45, 2.75) is 0 Å². The van der Waals surface area contributed by atoms with Crippen LogP contribution >= 0.6 is 15.9 Å². The summed E-state index contributed by atoms with van der Waals surface area (Å²) in [5, 5.41) is 11.9. The van der Waals surface area contributed by atoms with Crippen molar-refractivity contribution in [3.8, 4) is 0 Å². The molecule has 0 aliphatic rings. The van der Waals surface area contributed by atoms with Gasteiger partial charge in [-0.15, -0.1) is 0 Å². The van der Waals surface area contributed by atoms with Gasteiger partial charge < -0.3 is 16.2 Å². The lowest BCUT2D eigenvalue weighted by Crippen LogP contribution is -2.05. The summed E-state index contributed by atoms with van der Waals surface area (Å²) in [4.78, 5) is 14.8. The van der Waals surface area contributed by atoms with Gasteiger partial charge in [-0.1, -0.05) is 12.1 Å². The fourth-order valence-electron chi connectivity index (χ4n) is 1.38. The van der Waals surface area contributed by atoms with Gasteiger partial charge in [0.25, 0.3) is 0 Å². The SMILES string of the molecule is Nc1ccc(C(=O)O)nc1Nc1ccccc1Br. The number of hydrogen-bond donors (Lipinski definition) is 3. The molecule has 92 valence electrons. The first-order valence-electron chi connectivity index (χ1n) is 5.09. The average Bonchev–Trinajstić information content (AvgIpc) is 2.34. The minimum Gasteiger partial charge on any atom is -0.477 e. The van der Waals surface area contributed by atoms with Gasteiger partial charge in [0.05, 0.1) is 11.4 Å². The van der Waals surface area contributed by atoms with Crippen molar-refractivity contribution in [3.05, 3.63) is 46.6 Å². The van der Waals surface area contributed by atoms with Crippen molar-refractivity contribution in [1.82, 2.24) is 4.98 Å². The van der Waals surface area contributed by atoms with Gasteiger partial charge in [0.1, 0.15) is 0 Å². The summed E-state index contributed by atoms with van der Waals surface area (Å²) in [6.45, 7) is 0. The summed E-state index contributed by atoms with van der Waals surface area (Å²) >= 11 is 3.38. The number of anilines is 3. The van der Waals surface area contributed by atoms with Gasteiger partial charge in [0.15, 0.2) is 11.5 Å². The molecule has 1 heterocycles. The Labute approximate surface area is 112 Å². The van der Waals surface area contributed by atoms with Gasteiger partial charge in [0, 0.05) is 4.47 Å². The maximum atomic E-state index is 10.8. The Morgan fingerprint density at radius 3 is 2.67 bits per heavy atom. The van der Waals surface area contributed by atoms with Gasteiger partial charge in [-0.25, -0.2) is 9.78 Å². The van der Waals surface area contributed by atoms with E-state index in [2.05, 4.69) is 26.2 Å². The largest absolute Gasteiger partial charge is 0.477 e. The lowest BCUT2D eigenvalue weighted by molar-refractivity contribution is 0.0690. The van der Waals surface area contributed by atoms with Gasteiger partial charge in [0.2, 0.25) is 0 Å². The maximum absolute atomic E-state index is 10.8. The topological polar surface area (TPSA) is 88.2 Å². The fraction of sp³-hybridized carbons (Fsp3) is 0. The van der Waals surface area contributed by atoms with E-state index in [9.17, 15) is 4.79 Å². The number of carbonyl (C=O) groups is 1. The third kappa shape index (κ3) is 2.60. The molecule has 0 saturated heterocycles. The molecule has 5 nitrogen and oxygen atoms in total. The molecule has 0 amide bonds. The number of hydrogen-bond acceptors (Lipinski definition) is 4. The number of halogens is 1. The fourth-order valence-corrected chi connectivity index (χ4v) is 1.76. The molecule has 0 unspecified atom stereocenters. The first-order chi connectivity index (χ1) is 8.58. The van der Waals surface area contributed by atoms with E-state index in [4.69, 9.17) is 10.8 Å². The second-order valence-electron chi connectivity index (χ2n) is 3.54. The second-order valence-corrected chi connectivity index (χ2v) is 4.40. The maximum Gasteiger partial charge on any atom is 0.354 e. The highest BCUT2D eigenvalue weighted by molar-refractivity contribution is 9.10. The first-order valence-corrected chi connectivity index (χ1v) is 5.88. The summed E-state index contributed by atoms with van der Waals surface area (Å²) in [5.41, 5.74) is 6.85. The summed E-state index contributed by atoms with van der Waals surface area (Å²) in [6, 6.07) is 10.3. The predicted molar refractivity (Wildman–Crippen MR) is 73.0 cm³/mol. The highest BCUT2D eigenvalue weighted by Crippen LogP contribution is 2.27. The lowest BCUT2D eigenvalue weighted by atomic mass is 10.3. The number of nitrogens with two attached hydrogens (primary N) is 1. The van der Waals surface area contributed by atoms with Crippen LogP contribution in [0, 0.1) is 0 Å². The molecule has 4 N–H and O–H groups in total. The van der Waals surface area contributed by atoms with E-state index in [1.165, 1.54) is 12.1 Å². The number of nitrogens with one attached hydrogen (secondary N) is 1. The molecule has 0 atom stereocenters. The summed E-state index contributed by atoms with van der Waals surface area (Å²) in [5.74, 6) is -0.771. The molecule has 0 saturated carbocycles. The van der Waals surface area contributed by atoms with E-state index in [1.807, 2.05) is 24.3 Å². The van der Waals surface area contributed by atoms with Gasteiger partial charge >= 0.3 is 5.97 Å². The van der Waals surface area contributed by atoms with E-state index in [-0.39, 0.29) is 5.69 Å². The van der Waals surface area contributed by atoms with Crippen LogP contribution in [-0.2, 0) is 0 Å². The molecule has 0 spiro atoms. The number of nitrogens with zero attached hydrogens (tertiary/aromatic N) is 1. The molecule has 0 radical (unpaired) electrons. The quantitative estimate of drug-likeness (QED) is 0.811. The standard InChI is InChI=1S/C12H10BrN3O2/c13-7-3-1-2-4-9(7)15-11-8(14)5-6-10(16-11)12(17)18/h1-6H,14H2,(H,15,16)(H,17,18). The van der Waals surface area contributed by atoms with Crippen molar-refractivity contribution in [1.29, 1.82) is 0 Å². The zero-order chi connectivity index (χ0) is 13.1. The van der Waals surface area contributed by atoms with E-state index < -0.39 is 5.97 Å². The number of benzene rings is 1. The Morgan fingerprint density at radius 1 is 1.28 bits per heavy atom. The van der Waals surface area contributed by atoms with Crippen molar-refractivity contribution in [2.24, 2.45) is 0 Å². The molecule has 18 heavy (non-hydrogen) atoms. The number of aromatic nitrogens is 1. The Kier molecular flexibility index (Phi) is 3.47. The number of nitrogen functional groups attached to an aromatic ring is 1. The number of aromatic carboxylic acids is 1. The molecule has 6 heteroatoms. The smallest absolute Gasteiger partial charge is 0.354 e. The Hall–Kier alpha value is -2.08. The Morgan fingerprint density at radius 2 is 2.00 bits per heavy atom. The molecular formula is C12H10BrN3O2. The average molecular weight is 308 g/mol. The molecule has 2 rings (SSSR count). The van der Waals surface area contributed by atoms with Crippen LogP contribution in [0.2, 0.25) is 0 Å². The van der Waals surface area contributed by atoms with Crippen LogP contribution in [0.15, 0.2) is 40.9 Å². The van der Waals surface area contributed by atoms with E-state index >= 15 is 0 Å². The van der Waals surface area contributed by atoms with Crippen LogP contribution in [0.4, 0.5) is 17.2 Å². The number of pyridine rings is 1.